The summed E-state index contributed by atoms with van der Waals surface area (Å²) in [6, 6.07) is 16.2. The van der Waals surface area contributed by atoms with Gasteiger partial charge in [-0.25, -0.2) is 0 Å². The van der Waals surface area contributed by atoms with Gasteiger partial charge in [0.05, 0.1) is 11.3 Å². The second-order valence-electron chi connectivity index (χ2n) is 7.06. The zero-order valence-corrected chi connectivity index (χ0v) is 18.1. The number of nitrogens with two attached hydrogens (primary N) is 2. The standard InChI is InChI=1S/C24H22ClN3O4/c1-14(29)15-5-10-18(20(26)13-15)24(31)28-12-11-21(30)19-3-2-4-22(23(19)27)32-17-8-6-16(25)7-9-17/h2-10,13H,11-12,26-27H2,1H3,(H,28,31). The fourth-order valence-electron chi connectivity index (χ4n) is 3.01. The molecule has 0 saturated heterocycles. The first-order valence-electron chi connectivity index (χ1n) is 9.80. The van der Waals surface area contributed by atoms with Gasteiger partial charge in [-0.2, -0.15) is 0 Å². The van der Waals surface area contributed by atoms with Crippen molar-refractivity contribution in [2.75, 3.05) is 18.0 Å². The Hall–Kier alpha value is -3.84. The number of carbonyl (C=O) groups is 3. The summed E-state index contributed by atoms with van der Waals surface area (Å²) in [5, 5.41) is 3.24. The number of carbonyl (C=O) groups excluding carboxylic acids is 3. The molecular formula is C24H22ClN3O4. The van der Waals surface area contributed by atoms with Gasteiger partial charge >= 0.3 is 0 Å². The van der Waals surface area contributed by atoms with Crippen LogP contribution in [0.3, 0.4) is 0 Å². The highest BCUT2D eigenvalue weighted by Crippen LogP contribution is 2.31. The number of halogens is 1. The molecule has 0 unspecified atom stereocenters. The first kappa shape index (κ1) is 22.8. The molecular weight excluding hydrogens is 430 g/mol. The molecule has 0 fully saturated rings. The third kappa shape index (κ3) is 5.44. The first-order valence-corrected chi connectivity index (χ1v) is 10.2. The number of ether oxygens (including phenoxy) is 1. The molecule has 164 valence electrons. The van der Waals surface area contributed by atoms with Crippen molar-refractivity contribution in [3.63, 3.8) is 0 Å². The van der Waals surface area contributed by atoms with Gasteiger partial charge in [-0.3, -0.25) is 14.4 Å². The summed E-state index contributed by atoms with van der Waals surface area (Å²) in [5.41, 5.74) is 13.4. The van der Waals surface area contributed by atoms with Crippen molar-refractivity contribution in [3.05, 3.63) is 82.4 Å². The van der Waals surface area contributed by atoms with Gasteiger partial charge in [-0.05, 0) is 55.5 Å². The van der Waals surface area contributed by atoms with Crippen molar-refractivity contribution in [3.8, 4) is 11.5 Å². The lowest BCUT2D eigenvalue weighted by atomic mass is 10.0. The highest BCUT2D eigenvalue weighted by atomic mass is 35.5. The first-order chi connectivity index (χ1) is 15.3. The Morgan fingerprint density at radius 3 is 2.34 bits per heavy atom. The molecule has 3 rings (SSSR count). The van der Waals surface area contributed by atoms with E-state index in [1.54, 1.807) is 42.5 Å². The van der Waals surface area contributed by atoms with Crippen LogP contribution in [0.2, 0.25) is 5.02 Å². The molecule has 0 heterocycles. The zero-order chi connectivity index (χ0) is 23.3. The number of anilines is 2. The number of nitrogens with one attached hydrogen (secondary N) is 1. The van der Waals surface area contributed by atoms with Crippen molar-refractivity contribution in [2.24, 2.45) is 0 Å². The molecule has 8 heteroatoms. The van der Waals surface area contributed by atoms with Gasteiger partial charge < -0.3 is 21.5 Å². The number of hydrogen-bond donors (Lipinski definition) is 3. The van der Waals surface area contributed by atoms with E-state index in [0.717, 1.165) is 0 Å². The molecule has 0 bridgehead atoms. The number of benzene rings is 3. The molecule has 0 saturated carbocycles. The summed E-state index contributed by atoms with van der Waals surface area (Å²) in [6.45, 7) is 1.51. The fourth-order valence-corrected chi connectivity index (χ4v) is 3.14. The van der Waals surface area contributed by atoms with Gasteiger partial charge in [0.2, 0.25) is 0 Å². The average molecular weight is 452 g/mol. The number of hydrogen-bond acceptors (Lipinski definition) is 6. The van der Waals surface area contributed by atoms with Crippen LogP contribution in [0.25, 0.3) is 0 Å². The highest BCUT2D eigenvalue weighted by molar-refractivity contribution is 6.30. The van der Waals surface area contributed by atoms with Crippen LogP contribution in [0.5, 0.6) is 11.5 Å². The quantitative estimate of drug-likeness (QED) is 0.342. The SMILES string of the molecule is CC(=O)c1ccc(C(=O)NCCC(=O)c2cccc(Oc3ccc(Cl)cc3)c2N)c(N)c1. The summed E-state index contributed by atoms with van der Waals surface area (Å²) in [7, 11) is 0. The molecule has 0 radical (unpaired) electrons. The van der Waals surface area contributed by atoms with Gasteiger partial charge in [0.25, 0.3) is 5.91 Å². The number of nitrogen functional groups attached to an aromatic ring is 2. The Morgan fingerprint density at radius 1 is 0.969 bits per heavy atom. The minimum atomic E-state index is -0.432. The molecule has 32 heavy (non-hydrogen) atoms. The number of Topliss-reactive ketones (excluding diaryl/α,β-unsaturated/α-hetero) is 2. The van der Waals surface area contributed by atoms with Crippen LogP contribution in [0, 0.1) is 0 Å². The van der Waals surface area contributed by atoms with Gasteiger partial charge in [0, 0.05) is 34.8 Å². The number of amides is 1. The van der Waals surface area contributed by atoms with Crippen molar-refractivity contribution >= 4 is 40.4 Å². The summed E-state index contributed by atoms with van der Waals surface area (Å²) >= 11 is 5.88. The molecule has 0 aromatic heterocycles. The topological polar surface area (TPSA) is 125 Å². The van der Waals surface area contributed by atoms with E-state index in [9.17, 15) is 14.4 Å². The van der Waals surface area contributed by atoms with Crippen molar-refractivity contribution in [2.45, 2.75) is 13.3 Å². The molecule has 0 atom stereocenters. The normalized spacial score (nSPS) is 10.4. The molecule has 7 nitrogen and oxygen atoms in total. The predicted molar refractivity (Wildman–Crippen MR) is 125 cm³/mol. The van der Waals surface area contributed by atoms with Gasteiger partial charge in [0.15, 0.2) is 17.3 Å². The monoisotopic (exact) mass is 451 g/mol. The maximum absolute atomic E-state index is 12.7. The Balaban J connectivity index is 1.62. The smallest absolute Gasteiger partial charge is 0.253 e. The zero-order valence-electron chi connectivity index (χ0n) is 17.4. The Labute approximate surface area is 190 Å². The van der Waals surface area contributed by atoms with Gasteiger partial charge in [-0.1, -0.05) is 23.7 Å². The van der Waals surface area contributed by atoms with E-state index in [-0.39, 0.29) is 41.5 Å². The molecule has 3 aromatic carbocycles. The maximum atomic E-state index is 12.7. The van der Waals surface area contributed by atoms with E-state index in [2.05, 4.69) is 5.32 Å². The molecule has 0 spiro atoms. The molecule has 0 aliphatic carbocycles. The fraction of sp³-hybridized carbons (Fsp3) is 0.125. The molecule has 0 aliphatic rings. The summed E-state index contributed by atoms with van der Waals surface area (Å²) < 4.78 is 5.75. The second kappa shape index (κ2) is 9.98. The number of rotatable bonds is 8. The van der Waals surface area contributed by atoms with Crippen molar-refractivity contribution < 1.29 is 19.1 Å². The van der Waals surface area contributed by atoms with Crippen LogP contribution in [0.15, 0.2) is 60.7 Å². The lowest BCUT2D eigenvalue weighted by Crippen LogP contribution is -2.27. The van der Waals surface area contributed by atoms with Crippen LogP contribution in [-0.2, 0) is 0 Å². The van der Waals surface area contributed by atoms with E-state index in [1.807, 2.05) is 0 Å². The number of ketones is 2. The van der Waals surface area contributed by atoms with Crippen LogP contribution in [0.1, 0.15) is 44.4 Å². The third-order valence-electron chi connectivity index (χ3n) is 4.75. The van der Waals surface area contributed by atoms with E-state index >= 15 is 0 Å². The van der Waals surface area contributed by atoms with Crippen LogP contribution in [-0.4, -0.2) is 24.0 Å². The largest absolute Gasteiger partial charge is 0.455 e. The molecule has 3 aromatic rings. The second-order valence-corrected chi connectivity index (χ2v) is 7.50. The van der Waals surface area contributed by atoms with Crippen LogP contribution in [0.4, 0.5) is 11.4 Å². The summed E-state index contributed by atoms with van der Waals surface area (Å²) in [5.74, 6) is 0.0588. The Morgan fingerprint density at radius 2 is 1.69 bits per heavy atom. The van der Waals surface area contributed by atoms with E-state index < -0.39 is 5.91 Å². The highest BCUT2D eigenvalue weighted by Gasteiger charge is 2.16. The van der Waals surface area contributed by atoms with Gasteiger partial charge in [-0.15, -0.1) is 0 Å². The summed E-state index contributed by atoms with van der Waals surface area (Å²) in [6.07, 6.45) is 0.0335. The van der Waals surface area contributed by atoms with Crippen LogP contribution >= 0.6 is 11.6 Å². The van der Waals surface area contributed by atoms with Crippen molar-refractivity contribution in [1.82, 2.24) is 5.32 Å². The van der Waals surface area contributed by atoms with Gasteiger partial charge in [0.1, 0.15) is 5.75 Å². The minimum absolute atomic E-state index is 0.0335. The third-order valence-corrected chi connectivity index (χ3v) is 5.00. The van der Waals surface area contributed by atoms with E-state index in [1.165, 1.54) is 25.1 Å². The average Bonchev–Trinajstić information content (AvgIpc) is 2.76. The Kier molecular flexibility index (Phi) is 7.12. The Bertz CT molecular complexity index is 1180. The lowest BCUT2D eigenvalue weighted by Gasteiger charge is -2.12. The predicted octanol–water partition coefficient (Wildman–Crippen LogP) is 4.50. The number of para-hydroxylation sites is 1. The van der Waals surface area contributed by atoms with E-state index in [4.69, 9.17) is 27.8 Å². The minimum Gasteiger partial charge on any atom is -0.455 e. The van der Waals surface area contributed by atoms with E-state index in [0.29, 0.717) is 27.6 Å². The molecule has 0 aliphatic heterocycles. The summed E-state index contributed by atoms with van der Waals surface area (Å²) in [4.78, 5) is 36.4. The molecule has 1 amide bonds. The molecule has 5 N–H and O–H groups in total. The maximum Gasteiger partial charge on any atom is 0.253 e. The van der Waals surface area contributed by atoms with Crippen molar-refractivity contribution in [1.29, 1.82) is 0 Å². The van der Waals surface area contributed by atoms with Crippen LogP contribution < -0.4 is 21.5 Å². The lowest BCUT2D eigenvalue weighted by molar-refractivity contribution is 0.0938.